The molecule has 0 aromatic carbocycles. The number of likely N-dealkylation sites (tertiary alicyclic amines) is 1. The summed E-state index contributed by atoms with van der Waals surface area (Å²) in [6, 6.07) is 0. The fourth-order valence-corrected chi connectivity index (χ4v) is 3.91. The van der Waals surface area contributed by atoms with Crippen molar-refractivity contribution in [2.45, 2.75) is 58.2 Å². The molecule has 2 fully saturated rings. The van der Waals surface area contributed by atoms with E-state index < -0.39 is 0 Å². The van der Waals surface area contributed by atoms with Gasteiger partial charge in [-0.05, 0) is 47.0 Å². The lowest BCUT2D eigenvalue weighted by Gasteiger charge is -2.53. The molecule has 5 nitrogen and oxygen atoms in total. The summed E-state index contributed by atoms with van der Waals surface area (Å²) < 4.78 is 8.13. The van der Waals surface area contributed by atoms with Gasteiger partial charge < -0.3 is 9.64 Å². The normalized spacial score (nSPS) is 31.0. The first kappa shape index (κ1) is 15.5. The molecule has 2 aliphatic heterocycles. The van der Waals surface area contributed by atoms with E-state index in [4.69, 9.17) is 4.74 Å². The predicted octanol–water partition coefficient (Wildman–Crippen LogP) is 2.54. The van der Waals surface area contributed by atoms with Gasteiger partial charge >= 0.3 is 0 Å². The van der Waals surface area contributed by atoms with Crippen LogP contribution in [0.1, 0.15) is 56.1 Å². The summed E-state index contributed by atoms with van der Waals surface area (Å²) in [4.78, 5) is 14.8. The predicted molar refractivity (Wildman–Crippen MR) is 84.8 cm³/mol. The lowest BCUT2D eigenvalue weighted by Crippen LogP contribution is -2.58. The Morgan fingerprint density at radius 3 is 2.73 bits per heavy atom. The number of rotatable bonds is 1. The van der Waals surface area contributed by atoms with Crippen molar-refractivity contribution in [1.29, 1.82) is 0 Å². The van der Waals surface area contributed by atoms with Crippen LogP contribution in [-0.4, -0.2) is 44.9 Å². The second-order valence-electron chi connectivity index (χ2n) is 7.68. The minimum atomic E-state index is -0.0947. The van der Waals surface area contributed by atoms with E-state index >= 15 is 0 Å². The van der Waals surface area contributed by atoms with E-state index in [9.17, 15) is 4.79 Å². The van der Waals surface area contributed by atoms with Crippen LogP contribution in [0.15, 0.2) is 6.20 Å². The number of aryl methyl sites for hydroxylation is 1. The number of nitrogens with zero attached hydrogens (tertiary/aromatic N) is 3. The number of hydrogen-bond donors (Lipinski definition) is 0. The number of aromatic nitrogens is 2. The molecule has 0 aliphatic carbocycles. The van der Waals surface area contributed by atoms with Crippen LogP contribution < -0.4 is 0 Å². The highest BCUT2D eigenvalue weighted by atomic mass is 16.5. The largest absolute Gasteiger partial charge is 0.369 e. The Morgan fingerprint density at radius 1 is 1.36 bits per heavy atom. The smallest absolute Gasteiger partial charge is 0.257 e. The van der Waals surface area contributed by atoms with Gasteiger partial charge in [0.05, 0.1) is 23.0 Å². The maximum absolute atomic E-state index is 12.8. The molecule has 3 heterocycles. The third kappa shape index (κ3) is 2.56. The molecule has 1 amide bonds. The van der Waals surface area contributed by atoms with E-state index in [1.165, 1.54) is 0 Å². The minimum absolute atomic E-state index is 0.0443. The van der Waals surface area contributed by atoms with Crippen molar-refractivity contribution in [3.8, 4) is 0 Å². The number of hydrogen-bond acceptors (Lipinski definition) is 3. The highest BCUT2D eigenvalue weighted by Crippen LogP contribution is 2.44. The van der Waals surface area contributed by atoms with Gasteiger partial charge in [-0.2, -0.15) is 5.10 Å². The molecule has 0 unspecified atom stereocenters. The fraction of sp³-hybridized carbons (Fsp3) is 0.765. The van der Waals surface area contributed by atoms with Crippen LogP contribution in [0, 0.1) is 12.8 Å². The molecular weight excluding hydrogens is 278 g/mol. The van der Waals surface area contributed by atoms with Crippen LogP contribution >= 0.6 is 0 Å². The fourth-order valence-electron chi connectivity index (χ4n) is 3.91. The Balaban J connectivity index is 1.75. The lowest BCUT2D eigenvalue weighted by molar-refractivity contribution is -0.210. The van der Waals surface area contributed by atoms with Crippen molar-refractivity contribution in [2.75, 3.05) is 13.1 Å². The van der Waals surface area contributed by atoms with Crippen molar-refractivity contribution in [2.24, 2.45) is 13.0 Å². The first-order chi connectivity index (χ1) is 10.2. The molecule has 2 atom stereocenters. The summed E-state index contributed by atoms with van der Waals surface area (Å²) in [6.45, 7) is 10.1. The molecule has 0 radical (unpaired) electrons. The van der Waals surface area contributed by atoms with Gasteiger partial charge in [-0.15, -0.1) is 0 Å². The summed E-state index contributed by atoms with van der Waals surface area (Å²) in [7, 11) is 1.87. The first-order valence-corrected chi connectivity index (χ1v) is 8.20. The van der Waals surface area contributed by atoms with Crippen LogP contribution in [0.25, 0.3) is 0 Å². The van der Waals surface area contributed by atoms with E-state index in [1.807, 2.05) is 18.9 Å². The molecule has 1 aromatic rings. The van der Waals surface area contributed by atoms with Crippen molar-refractivity contribution >= 4 is 5.91 Å². The van der Waals surface area contributed by atoms with Crippen LogP contribution in [0.3, 0.4) is 0 Å². The number of amides is 1. The highest BCUT2D eigenvalue weighted by Gasteiger charge is 2.48. The average Bonchev–Trinajstić information content (AvgIpc) is 2.76. The molecule has 1 aromatic heterocycles. The molecule has 3 rings (SSSR count). The molecule has 122 valence electrons. The Hall–Kier alpha value is -1.36. The van der Waals surface area contributed by atoms with E-state index in [0.29, 0.717) is 5.92 Å². The second kappa shape index (κ2) is 5.08. The maximum Gasteiger partial charge on any atom is 0.257 e. The van der Waals surface area contributed by atoms with Crippen molar-refractivity contribution in [3.63, 3.8) is 0 Å². The van der Waals surface area contributed by atoms with Gasteiger partial charge in [0.2, 0.25) is 0 Å². The molecule has 5 heteroatoms. The third-order valence-electron chi connectivity index (χ3n) is 5.54. The maximum atomic E-state index is 12.8. The van der Waals surface area contributed by atoms with Gasteiger partial charge in [0, 0.05) is 31.7 Å². The minimum Gasteiger partial charge on any atom is -0.369 e. The number of carbonyl (C=O) groups is 1. The molecule has 0 spiro atoms. The number of ether oxygens (including phenoxy) is 1. The summed E-state index contributed by atoms with van der Waals surface area (Å²) >= 11 is 0. The first-order valence-electron chi connectivity index (χ1n) is 8.20. The average molecular weight is 305 g/mol. The summed E-state index contributed by atoms with van der Waals surface area (Å²) in [6.07, 6.45) is 4.78. The SMILES string of the molecule is Cc1c(C(=O)N2CC[C@@]3(C)OC(C)(C)CC[C@H]3C2)cnn1C. The summed E-state index contributed by atoms with van der Waals surface area (Å²) in [5.41, 5.74) is 1.52. The second-order valence-corrected chi connectivity index (χ2v) is 7.68. The topological polar surface area (TPSA) is 47.4 Å². The number of carbonyl (C=O) groups excluding carboxylic acids is 1. The van der Waals surface area contributed by atoms with Gasteiger partial charge in [-0.25, -0.2) is 0 Å². The zero-order valence-corrected chi connectivity index (χ0v) is 14.3. The molecule has 2 saturated heterocycles. The van der Waals surface area contributed by atoms with Gasteiger partial charge in [-0.1, -0.05) is 0 Å². The molecule has 2 aliphatic rings. The molecule has 0 saturated carbocycles. The van der Waals surface area contributed by atoms with Crippen LogP contribution in [0.2, 0.25) is 0 Å². The Bertz CT molecular complexity index is 593. The Morgan fingerprint density at radius 2 is 2.09 bits per heavy atom. The monoisotopic (exact) mass is 305 g/mol. The van der Waals surface area contributed by atoms with E-state index in [2.05, 4.69) is 25.9 Å². The van der Waals surface area contributed by atoms with Gasteiger partial charge in [0.1, 0.15) is 0 Å². The van der Waals surface area contributed by atoms with Crippen LogP contribution in [0.4, 0.5) is 0 Å². The molecule has 0 bridgehead atoms. The van der Waals surface area contributed by atoms with Crippen LogP contribution in [0.5, 0.6) is 0 Å². The molecule has 0 N–H and O–H groups in total. The van der Waals surface area contributed by atoms with Gasteiger partial charge in [0.15, 0.2) is 0 Å². The third-order valence-corrected chi connectivity index (χ3v) is 5.54. The zero-order valence-electron chi connectivity index (χ0n) is 14.3. The van der Waals surface area contributed by atoms with E-state index in [-0.39, 0.29) is 17.1 Å². The summed E-state index contributed by atoms with van der Waals surface area (Å²) in [5.74, 6) is 0.535. The lowest BCUT2D eigenvalue weighted by atomic mass is 9.74. The van der Waals surface area contributed by atoms with Crippen molar-refractivity contribution in [1.82, 2.24) is 14.7 Å². The number of fused-ring (bicyclic) bond motifs is 1. The molecule has 22 heavy (non-hydrogen) atoms. The highest BCUT2D eigenvalue weighted by molar-refractivity contribution is 5.95. The van der Waals surface area contributed by atoms with Crippen molar-refractivity contribution < 1.29 is 9.53 Å². The summed E-state index contributed by atoms with van der Waals surface area (Å²) in [5, 5.41) is 4.19. The Labute approximate surface area is 132 Å². The van der Waals surface area contributed by atoms with Gasteiger partial charge in [0.25, 0.3) is 5.91 Å². The van der Waals surface area contributed by atoms with Crippen molar-refractivity contribution in [3.05, 3.63) is 17.5 Å². The quantitative estimate of drug-likeness (QED) is 0.801. The number of piperidine rings is 1. The molecular formula is C17H27N3O2. The van der Waals surface area contributed by atoms with Crippen LogP contribution in [-0.2, 0) is 11.8 Å². The van der Waals surface area contributed by atoms with E-state index in [1.54, 1.807) is 10.9 Å². The standard InChI is InChI=1S/C17H27N3O2/c1-12-14(10-18-19(12)5)15(21)20-9-8-17(4)13(11-20)6-7-16(2,3)22-17/h10,13H,6-9,11H2,1-5H3/t13-,17+/m0/s1. The van der Waals surface area contributed by atoms with Gasteiger partial charge in [-0.3, -0.25) is 9.48 Å². The Kier molecular flexibility index (Phi) is 3.59. The van der Waals surface area contributed by atoms with E-state index in [0.717, 1.165) is 43.6 Å². The zero-order chi connectivity index (χ0) is 16.1.